The summed E-state index contributed by atoms with van der Waals surface area (Å²) < 4.78 is 6.97. The lowest BCUT2D eigenvalue weighted by Gasteiger charge is -2.15. The van der Waals surface area contributed by atoms with E-state index in [0.717, 1.165) is 28.2 Å². The zero-order chi connectivity index (χ0) is 24.6. The first kappa shape index (κ1) is 24.1. The molecule has 174 valence electrons. The molecule has 0 aliphatic carbocycles. The van der Waals surface area contributed by atoms with Crippen molar-refractivity contribution in [3.63, 3.8) is 0 Å². The molecular formula is C25H21Cl2N3O3S. The summed E-state index contributed by atoms with van der Waals surface area (Å²) in [4.78, 5) is 29.7. The highest BCUT2D eigenvalue weighted by Gasteiger charge is 2.25. The Morgan fingerprint density at radius 2 is 1.88 bits per heavy atom. The van der Waals surface area contributed by atoms with E-state index in [4.69, 9.17) is 27.9 Å². The number of hydrogen-bond donors (Lipinski definition) is 1. The Hall–Kier alpha value is -3.00. The number of rotatable bonds is 4. The highest BCUT2D eigenvalue weighted by molar-refractivity contribution is 8.18. The highest BCUT2D eigenvalue weighted by atomic mass is 35.5. The van der Waals surface area contributed by atoms with Gasteiger partial charge in [-0.15, -0.1) is 0 Å². The van der Waals surface area contributed by atoms with Crippen molar-refractivity contribution < 1.29 is 14.3 Å². The van der Waals surface area contributed by atoms with Crippen LogP contribution in [0.1, 0.15) is 32.9 Å². The number of esters is 1. The van der Waals surface area contributed by atoms with Crippen molar-refractivity contribution >= 4 is 63.8 Å². The molecule has 9 heteroatoms. The van der Waals surface area contributed by atoms with Crippen LogP contribution in [0.5, 0.6) is 0 Å². The predicted octanol–water partition coefficient (Wildman–Crippen LogP) is 6.39. The maximum absolute atomic E-state index is 12.6. The van der Waals surface area contributed by atoms with Gasteiger partial charge in [-0.05, 0) is 80.1 Å². The number of methoxy groups -OCH3 is 1. The molecule has 34 heavy (non-hydrogen) atoms. The van der Waals surface area contributed by atoms with Crippen LogP contribution in [-0.4, -0.2) is 28.7 Å². The van der Waals surface area contributed by atoms with Crippen LogP contribution in [0.2, 0.25) is 10.0 Å². The molecule has 0 atom stereocenters. The number of thioether (sulfide) groups is 1. The van der Waals surface area contributed by atoms with Gasteiger partial charge in [0, 0.05) is 17.1 Å². The quantitative estimate of drug-likeness (QED) is 0.324. The van der Waals surface area contributed by atoms with E-state index in [-0.39, 0.29) is 11.9 Å². The summed E-state index contributed by atoms with van der Waals surface area (Å²) in [5, 5.41) is 3.93. The Morgan fingerprint density at radius 1 is 1.15 bits per heavy atom. The minimum atomic E-state index is -0.380. The van der Waals surface area contributed by atoms with Gasteiger partial charge in [-0.2, -0.15) is 0 Å². The average molecular weight is 514 g/mol. The molecule has 0 radical (unpaired) electrons. The molecule has 1 aliphatic rings. The molecule has 1 N–H and O–H groups in total. The molecule has 6 nitrogen and oxygen atoms in total. The number of benzene rings is 2. The Balaban J connectivity index is 1.69. The first-order chi connectivity index (χ1) is 16.2. The van der Waals surface area contributed by atoms with E-state index in [1.54, 1.807) is 24.3 Å². The van der Waals surface area contributed by atoms with Crippen molar-refractivity contribution in [2.45, 2.75) is 20.8 Å². The predicted molar refractivity (Wildman–Crippen MR) is 139 cm³/mol. The maximum Gasteiger partial charge on any atom is 0.338 e. The van der Waals surface area contributed by atoms with Gasteiger partial charge in [0.15, 0.2) is 5.17 Å². The number of ether oxygens (including phenoxy) is 1. The topological polar surface area (TPSA) is 72.7 Å². The fraction of sp³-hybridized carbons (Fsp3) is 0.160. The first-order valence-corrected chi connectivity index (χ1v) is 11.9. The number of carbonyl (C=O) groups is 2. The molecule has 2 aromatic carbocycles. The second kappa shape index (κ2) is 9.70. The monoisotopic (exact) mass is 513 g/mol. The van der Waals surface area contributed by atoms with E-state index in [9.17, 15) is 9.59 Å². The third-order valence-electron chi connectivity index (χ3n) is 5.51. The van der Waals surface area contributed by atoms with Crippen LogP contribution in [-0.2, 0) is 9.53 Å². The number of aliphatic imine (C=N–C) groups is 1. The maximum atomic E-state index is 12.6. The van der Waals surface area contributed by atoms with Gasteiger partial charge in [-0.3, -0.25) is 4.79 Å². The largest absolute Gasteiger partial charge is 0.465 e. The molecule has 1 amide bonds. The van der Waals surface area contributed by atoms with Gasteiger partial charge in [0.05, 0.1) is 33.3 Å². The van der Waals surface area contributed by atoms with E-state index in [0.29, 0.717) is 31.4 Å². The molecule has 3 aromatic rings. The summed E-state index contributed by atoms with van der Waals surface area (Å²) in [6.45, 7) is 5.85. The number of nitrogens with zero attached hydrogens (tertiary/aromatic N) is 2. The van der Waals surface area contributed by atoms with Crippen LogP contribution in [0.25, 0.3) is 11.8 Å². The SMILES string of the molecule is COC(=O)c1cccc(-n2c(C)cc(/C=C3/SC(=Nc4cccc(Cl)c4Cl)NC3=O)c2C)c1C. The van der Waals surface area contributed by atoms with Crippen molar-refractivity contribution in [3.05, 3.63) is 85.5 Å². The number of hydrogen-bond acceptors (Lipinski definition) is 5. The highest BCUT2D eigenvalue weighted by Crippen LogP contribution is 2.35. The summed E-state index contributed by atoms with van der Waals surface area (Å²) >= 11 is 13.5. The van der Waals surface area contributed by atoms with Gasteiger partial charge in [-0.25, -0.2) is 9.79 Å². The molecule has 4 rings (SSSR count). The van der Waals surface area contributed by atoms with E-state index in [1.165, 1.54) is 18.9 Å². The molecule has 1 aromatic heterocycles. The summed E-state index contributed by atoms with van der Waals surface area (Å²) in [6, 6.07) is 12.7. The summed E-state index contributed by atoms with van der Waals surface area (Å²) in [7, 11) is 1.37. The number of amidine groups is 1. The van der Waals surface area contributed by atoms with Gasteiger partial charge in [0.25, 0.3) is 5.91 Å². The number of carbonyl (C=O) groups excluding carboxylic acids is 2. The number of halogens is 2. The van der Waals surface area contributed by atoms with E-state index < -0.39 is 0 Å². The average Bonchev–Trinajstić information content (AvgIpc) is 3.29. The second-order valence-electron chi connectivity index (χ2n) is 7.66. The molecule has 1 saturated heterocycles. The lowest BCUT2D eigenvalue weighted by Crippen LogP contribution is -2.19. The minimum Gasteiger partial charge on any atom is -0.465 e. The smallest absolute Gasteiger partial charge is 0.338 e. The zero-order valence-corrected chi connectivity index (χ0v) is 21.2. The summed E-state index contributed by atoms with van der Waals surface area (Å²) in [5.41, 5.74) is 5.49. The third-order valence-corrected chi connectivity index (χ3v) is 7.23. The van der Waals surface area contributed by atoms with Crippen molar-refractivity contribution in [1.82, 2.24) is 9.88 Å². The molecule has 1 fully saturated rings. The van der Waals surface area contributed by atoms with Gasteiger partial charge < -0.3 is 14.6 Å². The normalized spacial score (nSPS) is 15.8. The van der Waals surface area contributed by atoms with Crippen molar-refractivity contribution in [2.75, 3.05) is 7.11 Å². The van der Waals surface area contributed by atoms with Gasteiger partial charge in [-0.1, -0.05) is 35.3 Å². The standard InChI is InChI=1S/C25H21Cl2N3O3S/c1-13-11-16(15(3)30(13)20-10-5-7-17(14(20)2)24(32)33-4)12-21-23(31)29-25(34-21)28-19-9-6-8-18(26)22(19)27/h5-12H,1-4H3,(H,28,29,31)/b21-12+. The van der Waals surface area contributed by atoms with Crippen molar-refractivity contribution in [2.24, 2.45) is 4.99 Å². The van der Waals surface area contributed by atoms with Crippen LogP contribution < -0.4 is 5.32 Å². The van der Waals surface area contributed by atoms with Gasteiger partial charge in [0.1, 0.15) is 0 Å². The van der Waals surface area contributed by atoms with Crippen LogP contribution in [0, 0.1) is 20.8 Å². The second-order valence-corrected chi connectivity index (χ2v) is 9.47. The lowest BCUT2D eigenvalue weighted by molar-refractivity contribution is -0.115. The molecule has 1 aliphatic heterocycles. The Kier molecular flexibility index (Phi) is 6.89. The summed E-state index contributed by atoms with van der Waals surface area (Å²) in [5.74, 6) is -0.620. The summed E-state index contributed by atoms with van der Waals surface area (Å²) in [6.07, 6.45) is 1.83. The molecule has 0 bridgehead atoms. The number of aryl methyl sites for hydroxylation is 1. The minimum absolute atomic E-state index is 0.240. The van der Waals surface area contributed by atoms with E-state index in [1.807, 2.05) is 45.0 Å². The van der Waals surface area contributed by atoms with Crippen LogP contribution in [0.3, 0.4) is 0 Å². The fourth-order valence-electron chi connectivity index (χ4n) is 3.81. The van der Waals surface area contributed by atoms with Crippen molar-refractivity contribution in [3.8, 4) is 5.69 Å². The Bertz CT molecular complexity index is 1390. The number of amides is 1. The molecule has 0 spiro atoms. The Labute approximate surface area is 211 Å². The zero-order valence-electron chi connectivity index (χ0n) is 18.9. The fourth-order valence-corrected chi connectivity index (χ4v) is 4.97. The number of aromatic nitrogens is 1. The first-order valence-electron chi connectivity index (χ1n) is 10.3. The van der Waals surface area contributed by atoms with E-state index >= 15 is 0 Å². The van der Waals surface area contributed by atoms with E-state index in [2.05, 4.69) is 14.9 Å². The van der Waals surface area contributed by atoms with Gasteiger partial charge in [0.2, 0.25) is 0 Å². The molecule has 0 saturated carbocycles. The van der Waals surface area contributed by atoms with Crippen LogP contribution in [0.15, 0.2) is 52.4 Å². The Morgan fingerprint density at radius 3 is 2.62 bits per heavy atom. The number of nitrogens with one attached hydrogen (secondary N) is 1. The molecule has 2 heterocycles. The molecule has 0 unspecified atom stereocenters. The third kappa shape index (κ3) is 4.51. The van der Waals surface area contributed by atoms with Gasteiger partial charge >= 0.3 is 5.97 Å². The van der Waals surface area contributed by atoms with Crippen LogP contribution in [0.4, 0.5) is 5.69 Å². The van der Waals surface area contributed by atoms with Crippen molar-refractivity contribution in [1.29, 1.82) is 0 Å². The van der Waals surface area contributed by atoms with Crippen LogP contribution >= 0.6 is 35.0 Å². The molecular weight excluding hydrogens is 493 g/mol. The lowest BCUT2D eigenvalue weighted by atomic mass is 10.1.